The van der Waals surface area contributed by atoms with Gasteiger partial charge in [0.2, 0.25) is 0 Å². The molecule has 0 saturated carbocycles. The van der Waals surface area contributed by atoms with Crippen molar-refractivity contribution in [1.82, 2.24) is 9.80 Å². The normalized spacial score (nSPS) is 19.9. The van der Waals surface area contributed by atoms with Crippen LogP contribution in [0.1, 0.15) is 54.4 Å². The lowest BCUT2D eigenvalue weighted by Crippen LogP contribution is -2.67. The molecule has 0 bridgehead atoms. The minimum atomic E-state index is -2.49. The quantitative estimate of drug-likeness (QED) is 0.472. The largest absolute Gasteiger partial charge is 0.444 e. The molecule has 1 atom stereocenters. The standard InChI is InChI=1S/C31H46N2O3Si/c1-30(2,3)36-29(34)33-23-26(24-33)25-14-13-19-32(22-25)20-21-35-37(31(4,5)6,27-15-9-7-10-16-27)28-17-11-8-12-18-28/h7-12,15-18,25-26H,13-14,19-24H2,1-6H3/t25-/m0/s1. The summed E-state index contributed by atoms with van der Waals surface area (Å²) >= 11 is 0. The van der Waals surface area contributed by atoms with Gasteiger partial charge in [0.25, 0.3) is 8.32 Å². The Kier molecular flexibility index (Phi) is 8.51. The van der Waals surface area contributed by atoms with Crippen molar-refractivity contribution in [2.45, 2.75) is 65.0 Å². The molecule has 6 heteroatoms. The van der Waals surface area contributed by atoms with E-state index < -0.39 is 13.9 Å². The first-order chi connectivity index (χ1) is 17.5. The number of carbonyl (C=O) groups excluding carboxylic acids is 1. The fraction of sp³-hybridized carbons (Fsp3) is 0.581. The van der Waals surface area contributed by atoms with Gasteiger partial charge in [-0.25, -0.2) is 4.79 Å². The van der Waals surface area contributed by atoms with Gasteiger partial charge in [0, 0.05) is 32.8 Å². The predicted octanol–water partition coefficient (Wildman–Crippen LogP) is 5.14. The van der Waals surface area contributed by atoms with Gasteiger partial charge < -0.3 is 19.0 Å². The van der Waals surface area contributed by atoms with Crippen LogP contribution in [0.25, 0.3) is 0 Å². The van der Waals surface area contributed by atoms with Gasteiger partial charge in [0.1, 0.15) is 5.60 Å². The Balaban J connectivity index is 1.39. The number of rotatable bonds is 7. The molecule has 37 heavy (non-hydrogen) atoms. The van der Waals surface area contributed by atoms with E-state index in [1.54, 1.807) is 0 Å². The van der Waals surface area contributed by atoms with Crippen LogP contribution in [0.4, 0.5) is 4.79 Å². The molecule has 0 aromatic heterocycles. The SMILES string of the molecule is CC(C)(C)OC(=O)N1CC([C@H]2CCCN(CCO[Si](c3ccccc3)(c3ccccc3)C(C)(C)C)C2)C1. The fourth-order valence-electron chi connectivity index (χ4n) is 6.05. The second kappa shape index (κ2) is 11.3. The summed E-state index contributed by atoms with van der Waals surface area (Å²) in [6, 6.07) is 21.8. The molecule has 2 aromatic carbocycles. The highest BCUT2D eigenvalue weighted by molar-refractivity contribution is 6.99. The number of benzene rings is 2. The van der Waals surface area contributed by atoms with Gasteiger partial charge in [0.05, 0.1) is 0 Å². The Morgan fingerprint density at radius 3 is 1.95 bits per heavy atom. The molecule has 202 valence electrons. The number of amides is 1. The van der Waals surface area contributed by atoms with E-state index in [9.17, 15) is 4.79 Å². The van der Waals surface area contributed by atoms with Crippen LogP contribution in [-0.4, -0.2) is 69.1 Å². The van der Waals surface area contributed by atoms with Crippen molar-refractivity contribution in [3.63, 3.8) is 0 Å². The molecule has 0 radical (unpaired) electrons. The van der Waals surface area contributed by atoms with Crippen LogP contribution in [0.3, 0.4) is 0 Å². The zero-order valence-corrected chi connectivity index (χ0v) is 24.7. The third-order valence-electron chi connectivity index (χ3n) is 7.91. The molecule has 0 spiro atoms. The van der Waals surface area contributed by atoms with Gasteiger partial charge in [-0.1, -0.05) is 81.4 Å². The molecule has 1 amide bonds. The maximum Gasteiger partial charge on any atom is 0.410 e. The van der Waals surface area contributed by atoms with Crippen molar-refractivity contribution in [3.05, 3.63) is 60.7 Å². The maximum absolute atomic E-state index is 12.4. The molecule has 2 heterocycles. The van der Waals surface area contributed by atoms with Gasteiger partial charge in [-0.15, -0.1) is 0 Å². The number of likely N-dealkylation sites (tertiary alicyclic amines) is 2. The average molecular weight is 523 g/mol. The Labute approximate surface area is 225 Å². The number of hydrogen-bond donors (Lipinski definition) is 0. The maximum atomic E-state index is 12.4. The number of hydrogen-bond acceptors (Lipinski definition) is 4. The zero-order valence-electron chi connectivity index (χ0n) is 23.7. The van der Waals surface area contributed by atoms with E-state index in [2.05, 4.69) is 86.3 Å². The molecule has 4 rings (SSSR count). The van der Waals surface area contributed by atoms with E-state index in [0.29, 0.717) is 11.8 Å². The third-order valence-corrected chi connectivity index (χ3v) is 13.0. The van der Waals surface area contributed by atoms with E-state index in [4.69, 9.17) is 9.16 Å². The molecule has 2 aliphatic rings. The van der Waals surface area contributed by atoms with E-state index >= 15 is 0 Å². The predicted molar refractivity (Wildman–Crippen MR) is 154 cm³/mol. The monoisotopic (exact) mass is 522 g/mol. The van der Waals surface area contributed by atoms with Gasteiger partial charge in [-0.3, -0.25) is 0 Å². The summed E-state index contributed by atoms with van der Waals surface area (Å²) in [4.78, 5) is 16.8. The summed E-state index contributed by atoms with van der Waals surface area (Å²) in [5, 5.41) is 2.67. The lowest BCUT2D eigenvalue weighted by atomic mass is 9.81. The highest BCUT2D eigenvalue weighted by Gasteiger charge is 2.50. The molecule has 0 aliphatic carbocycles. The Morgan fingerprint density at radius 1 is 0.865 bits per heavy atom. The first-order valence-electron chi connectivity index (χ1n) is 13.9. The number of carbonyl (C=O) groups is 1. The highest BCUT2D eigenvalue weighted by Crippen LogP contribution is 2.37. The van der Waals surface area contributed by atoms with E-state index in [1.165, 1.54) is 23.2 Å². The lowest BCUT2D eigenvalue weighted by Gasteiger charge is -2.47. The van der Waals surface area contributed by atoms with Crippen molar-refractivity contribution in [2.75, 3.05) is 39.3 Å². The van der Waals surface area contributed by atoms with Crippen LogP contribution in [0.5, 0.6) is 0 Å². The number of piperidine rings is 1. The highest BCUT2D eigenvalue weighted by atomic mass is 28.4. The summed E-state index contributed by atoms with van der Waals surface area (Å²) in [6.07, 6.45) is 2.29. The van der Waals surface area contributed by atoms with Crippen LogP contribution in [0.2, 0.25) is 5.04 Å². The Morgan fingerprint density at radius 2 is 1.43 bits per heavy atom. The summed E-state index contributed by atoms with van der Waals surface area (Å²) < 4.78 is 12.7. The smallest absolute Gasteiger partial charge is 0.410 e. The number of ether oxygens (including phenoxy) is 1. The van der Waals surface area contributed by atoms with Gasteiger partial charge in [-0.2, -0.15) is 0 Å². The van der Waals surface area contributed by atoms with Crippen LogP contribution in [0.15, 0.2) is 60.7 Å². The van der Waals surface area contributed by atoms with Crippen molar-refractivity contribution in [1.29, 1.82) is 0 Å². The van der Waals surface area contributed by atoms with Crippen molar-refractivity contribution in [2.24, 2.45) is 11.8 Å². The van der Waals surface area contributed by atoms with Crippen molar-refractivity contribution in [3.8, 4) is 0 Å². The summed E-state index contributed by atoms with van der Waals surface area (Å²) in [6.45, 7) is 18.3. The zero-order chi connectivity index (χ0) is 26.7. The van der Waals surface area contributed by atoms with Crippen LogP contribution < -0.4 is 10.4 Å². The second-order valence-corrected chi connectivity index (χ2v) is 17.2. The molecule has 2 saturated heterocycles. The van der Waals surface area contributed by atoms with Crippen LogP contribution >= 0.6 is 0 Å². The van der Waals surface area contributed by atoms with Gasteiger partial charge in [-0.05, 0) is 67.4 Å². The lowest BCUT2D eigenvalue weighted by molar-refractivity contribution is -0.0201. The molecule has 0 N–H and O–H groups in total. The van der Waals surface area contributed by atoms with E-state index in [-0.39, 0.29) is 11.1 Å². The number of nitrogens with zero attached hydrogens (tertiary/aromatic N) is 2. The summed E-state index contributed by atoms with van der Waals surface area (Å²) in [7, 11) is -2.49. The molecule has 2 fully saturated rings. The minimum Gasteiger partial charge on any atom is -0.444 e. The first-order valence-corrected chi connectivity index (χ1v) is 15.9. The second-order valence-electron chi connectivity index (χ2n) is 12.9. The molecule has 0 unspecified atom stereocenters. The third kappa shape index (κ3) is 6.47. The van der Waals surface area contributed by atoms with E-state index in [0.717, 1.165) is 39.3 Å². The van der Waals surface area contributed by atoms with Crippen molar-refractivity contribution < 1.29 is 14.0 Å². The first kappa shape index (κ1) is 27.9. The topological polar surface area (TPSA) is 42.0 Å². The van der Waals surface area contributed by atoms with Gasteiger partial charge >= 0.3 is 6.09 Å². The molecular formula is C31H46N2O3Si. The van der Waals surface area contributed by atoms with Crippen LogP contribution in [-0.2, 0) is 9.16 Å². The van der Waals surface area contributed by atoms with E-state index in [1.807, 2.05) is 25.7 Å². The summed E-state index contributed by atoms with van der Waals surface area (Å²) in [5.41, 5.74) is -0.436. The van der Waals surface area contributed by atoms with Crippen LogP contribution in [0, 0.1) is 11.8 Å². The minimum absolute atomic E-state index is 0.00279. The molecular weight excluding hydrogens is 476 g/mol. The van der Waals surface area contributed by atoms with Crippen molar-refractivity contribution >= 4 is 24.8 Å². The molecule has 2 aromatic rings. The Bertz CT molecular complexity index is 971. The van der Waals surface area contributed by atoms with Gasteiger partial charge in [0.15, 0.2) is 0 Å². The Hall–Kier alpha value is -2.15. The summed E-state index contributed by atoms with van der Waals surface area (Å²) in [5.74, 6) is 1.22. The molecule has 2 aliphatic heterocycles. The molecule has 5 nitrogen and oxygen atoms in total. The average Bonchev–Trinajstić information content (AvgIpc) is 2.80. The fourth-order valence-corrected chi connectivity index (χ4v) is 10.6.